The Kier molecular flexibility index (Phi) is 6.55. The van der Waals surface area contributed by atoms with Gasteiger partial charge < -0.3 is 9.73 Å². The van der Waals surface area contributed by atoms with Crippen LogP contribution in [0.3, 0.4) is 0 Å². The van der Waals surface area contributed by atoms with Gasteiger partial charge in [0.25, 0.3) is 11.6 Å². The summed E-state index contributed by atoms with van der Waals surface area (Å²) >= 11 is 0. The number of hydrogen-bond acceptors (Lipinski definition) is 5. The quantitative estimate of drug-likeness (QED) is 0.427. The first-order chi connectivity index (χ1) is 14.6. The zero-order valence-corrected chi connectivity index (χ0v) is 19.0. The standard InChI is InChI=1S/C24H30N4O3/c1-15(2)21(17-7-11-19(12-8-17)24(4,5)6)25-16(3)22-26-27-23(31-22)18-9-13-20(14-10-18)28(29)30/h7-16,21,25H,1-6H3/p+1/t16-,21+/m1/s1. The van der Waals surface area contributed by atoms with Gasteiger partial charge in [-0.1, -0.05) is 58.9 Å². The van der Waals surface area contributed by atoms with Crippen molar-refractivity contribution in [3.05, 3.63) is 75.7 Å². The van der Waals surface area contributed by atoms with Crippen molar-refractivity contribution >= 4 is 5.69 Å². The maximum absolute atomic E-state index is 10.8. The predicted octanol–water partition coefficient (Wildman–Crippen LogP) is 4.96. The maximum atomic E-state index is 10.8. The Bertz CT molecular complexity index is 1020. The molecule has 3 aromatic rings. The van der Waals surface area contributed by atoms with E-state index in [1.54, 1.807) is 12.1 Å². The second kappa shape index (κ2) is 8.98. The fourth-order valence-corrected chi connectivity index (χ4v) is 3.58. The van der Waals surface area contributed by atoms with Crippen molar-refractivity contribution in [2.75, 3.05) is 0 Å². The van der Waals surface area contributed by atoms with Crippen molar-refractivity contribution < 1.29 is 14.7 Å². The number of nitro benzene ring substituents is 1. The molecule has 0 spiro atoms. The smallest absolute Gasteiger partial charge is 0.274 e. The van der Waals surface area contributed by atoms with Gasteiger partial charge in [-0.3, -0.25) is 10.1 Å². The van der Waals surface area contributed by atoms with Crippen molar-refractivity contribution in [3.63, 3.8) is 0 Å². The minimum atomic E-state index is -0.430. The maximum Gasteiger partial charge on any atom is 0.274 e. The van der Waals surface area contributed by atoms with Gasteiger partial charge in [0, 0.05) is 29.2 Å². The molecule has 3 rings (SSSR count). The van der Waals surface area contributed by atoms with Crippen LogP contribution in [0.2, 0.25) is 0 Å². The molecule has 0 aliphatic rings. The number of hydrogen-bond donors (Lipinski definition) is 1. The van der Waals surface area contributed by atoms with Crippen LogP contribution in [0.15, 0.2) is 52.9 Å². The van der Waals surface area contributed by atoms with Crippen LogP contribution in [0.5, 0.6) is 0 Å². The molecule has 2 N–H and O–H groups in total. The van der Waals surface area contributed by atoms with E-state index in [4.69, 9.17) is 4.42 Å². The Morgan fingerprint density at radius 1 is 0.968 bits per heavy atom. The molecule has 0 aliphatic heterocycles. The van der Waals surface area contributed by atoms with Gasteiger partial charge in [0.1, 0.15) is 6.04 Å². The summed E-state index contributed by atoms with van der Waals surface area (Å²) in [6, 6.07) is 15.2. The molecule has 0 bridgehead atoms. The van der Waals surface area contributed by atoms with Crippen molar-refractivity contribution in [3.8, 4) is 11.5 Å². The molecule has 1 heterocycles. The molecule has 31 heavy (non-hydrogen) atoms. The zero-order chi connectivity index (χ0) is 22.8. The first-order valence-corrected chi connectivity index (χ1v) is 10.6. The van der Waals surface area contributed by atoms with Crippen molar-refractivity contribution in [2.45, 2.75) is 59.0 Å². The number of quaternary nitrogens is 1. The van der Waals surface area contributed by atoms with Crippen molar-refractivity contribution in [1.29, 1.82) is 0 Å². The van der Waals surface area contributed by atoms with Crippen LogP contribution in [0.1, 0.15) is 70.6 Å². The lowest BCUT2D eigenvalue weighted by Gasteiger charge is -2.24. The van der Waals surface area contributed by atoms with E-state index in [9.17, 15) is 10.1 Å². The molecule has 0 radical (unpaired) electrons. The number of non-ortho nitro benzene ring substituents is 1. The summed E-state index contributed by atoms with van der Waals surface area (Å²) in [5, 5.41) is 21.4. The fourth-order valence-electron chi connectivity index (χ4n) is 3.58. The molecule has 164 valence electrons. The number of rotatable bonds is 7. The molecule has 7 heteroatoms. The van der Waals surface area contributed by atoms with E-state index in [1.165, 1.54) is 23.3 Å². The minimum Gasteiger partial charge on any atom is -0.415 e. The van der Waals surface area contributed by atoms with Gasteiger partial charge in [-0.15, -0.1) is 10.2 Å². The van der Waals surface area contributed by atoms with E-state index in [2.05, 4.69) is 74.4 Å². The molecule has 0 saturated carbocycles. The van der Waals surface area contributed by atoms with Crippen LogP contribution >= 0.6 is 0 Å². The summed E-state index contributed by atoms with van der Waals surface area (Å²) < 4.78 is 5.89. The molecular formula is C24H31N4O3+. The van der Waals surface area contributed by atoms with Gasteiger partial charge in [0.15, 0.2) is 6.04 Å². The van der Waals surface area contributed by atoms with Gasteiger partial charge in [-0.05, 0) is 30.0 Å². The Balaban J connectivity index is 1.76. The highest BCUT2D eigenvalue weighted by atomic mass is 16.6. The molecule has 0 aliphatic carbocycles. The molecule has 0 amide bonds. The lowest BCUT2D eigenvalue weighted by Crippen LogP contribution is -2.86. The van der Waals surface area contributed by atoms with Crippen LogP contribution in [0.4, 0.5) is 5.69 Å². The monoisotopic (exact) mass is 423 g/mol. The second-order valence-corrected chi connectivity index (χ2v) is 9.37. The fraction of sp³-hybridized carbons (Fsp3) is 0.417. The summed E-state index contributed by atoms with van der Waals surface area (Å²) in [6.07, 6.45) is 0. The highest BCUT2D eigenvalue weighted by molar-refractivity contribution is 5.55. The van der Waals surface area contributed by atoms with Gasteiger partial charge >= 0.3 is 0 Å². The average Bonchev–Trinajstić information content (AvgIpc) is 3.21. The Labute approximate surface area is 183 Å². The Hall–Kier alpha value is -3.06. The number of nitrogens with two attached hydrogens (primary N) is 1. The first-order valence-electron chi connectivity index (χ1n) is 10.6. The van der Waals surface area contributed by atoms with E-state index in [0.29, 0.717) is 23.3 Å². The molecular weight excluding hydrogens is 392 g/mol. The summed E-state index contributed by atoms with van der Waals surface area (Å²) in [7, 11) is 0. The van der Waals surface area contributed by atoms with E-state index in [0.717, 1.165) is 0 Å². The molecule has 0 saturated heterocycles. The van der Waals surface area contributed by atoms with E-state index < -0.39 is 4.92 Å². The number of nitro groups is 1. The van der Waals surface area contributed by atoms with Crippen LogP contribution in [-0.2, 0) is 5.41 Å². The van der Waals surface area contributed by atoms with E-state index in [1.807, 2.05) is 6.92 Å². The van der Waals surface area contributed by atoms with Crippen LogP contribution in [-0.4, -0.2) is 15.1 Å². The van der Waals surface area contributed by atoms with E-state index >= 15 is 0 Å². The zero-order valence-electron chi connectivity index (χ0n) is 19.0. The SMILES string of the molecule is CC(C)[C@H]([NH2+][C@H](C)c1nnc(-c2ccc([N+](=O)[O-])cc2)o1)c1ccc(C(C)(C)C)cc1. The lowest BCUT2D eigenvalue weighted by molar-refractivity contribution is -0.739. The molecule has 1 aromatic heterocycles. The topological polar surface area (TPSA) is 98.7 Å². The third kappa shape index (κ3) is 5.35. The molecule has 0 fully saturated rings. The van der Waals surface area contributed by atoms with Crippen LogP contribution < -0.4 is 5.32 Å². The normalized spacial score (nSPS) is 13.9. The summed E-state index contributed by atoms with van der Waals surface area (Å²) in [4.78, 5) is 10.4. The molecule has 0 unspecified atom stereocenters. The van der Waals surface area contributed by atoms with Crippen LogP contribution in [0.25, 0.3) is 11.5 Å². The highest BCUT2D eigenvalue weighted by Gasteiger charge is 2.26. The summed E-state index contributed by atoms with van der Waals surface area (Å²) in [5.74, 6) is 1.31. The van der Waals surface area contributed by atoms with Gasteiger partial charge in [0.2, 0.25) is 5.89 Å². The average molecular weight is 424 g/mol. The van der Waals surface area contributed by atoms with Gasteiger partial charge in [-0.2, -0.15) is 0 Å². The minimum absolute atomic E-state index is 0.0300. The molecule has 7 nitrogen and oxygen atoms in total. The molecule has 2 aromatic carbocycles. The third-order valence-corrected chi connectivity index (χ3v) is 5.53. The summed E-state index contributed by atoms with van der Waals surface area (Å²) in [5.41, 5.74) is 3.40. The first kappa shape index (κ1) is 22.6. The Morgan fingerprint density at radius 2 is 1.58 bits per heavy atom. The lowest BCUT2D eigenvalue weighted by atomic mass is 9.85. The number of benzene rings is 2. The second-order valence-electron chi connectivity index (χ2n) is 9.37. The number of aromatic nitrogens is 2. The predicted molar refractivity (Wildman–Crippen MR) is 119 cm³/mol. The van der Waals surface area contributed by atoms with Crippen molar-refractivity contribution in [2.24, 2.45) is 5.92 Å². The van der Waals surface area contributed by atoms with Crippen LogP contribution in [0, 0.1) is 16.0 Å². The largest absolute Gasteiger partial charge is 0.415 e. The van der Waals surface area contributed by atoms with Gasteiger partial charge in [0.05, 0.1) is 4.92 Å². The highest BCUT2D eigenvalue weighted by Crippen LogP contribution is 2.26. The molecule has 2 atom stereocenters. The third-order valence-electron chi connectivity index (χ3n) is 5.53. The van der Waals surface area contributed by atoms with E-state index in [-0.39, 0.29) is 23.2 Å². The van der Waals surface area contributed by atoms with Gasteiger partial charge in [-0.25, -0.2) is 0 Å². The van der Waals surface area contributed by atoms with Crippen molar-refractivity contribution in [1.82, 2.24) is 10.2 Å². The summed E-state index contributed by atoms with van der Waals surface area (Å²) in [6.45, 7) is 13.1. The Morgan fingerprint density at radius 3 is 2.10 bits per heavy atom. The number of nitrogens with zero attached hydrogens (tertiary/aromatic N) is 3.